The molecule has 6 nitrogen and oxygen atoms in total. The highest BCUT2D eigenvalue weighted by Crippen LogP contribution is 2.29. The maximum absolute atomic E-state index is 13.3. The molecule has 1 aliphatic rings. The van der Waals surface area contributed by atoms with Crippen LogP contribution in [0.3, 0.4) is 0 Å². The average molecular weight is 265 g/mol. The van der Waals surface area contributed by atoms with Crippen molar-refractivity contribution in [1.82, 2.24) is 9.55 Å². The second-order valence-electron chi connectivity index (χ2n) is 3.71. The zero-order valence-electron chi connectivity index (χ0n) is 8.60. The highest BCUT2D eigenvalue weighted by Gasteiger charge is 2.36. The zero-order chi connectivity index (χ0) is 12.6. The smallest absolute Gasteiger partial charge is 0.330 e. The van der Waals surface area contributed by atoms with Crippen LogP contribution in [0.15, 0.2) is 15.8 Å². The van der Waals surface area contributed by atoms with E-state index in [1.54, 1.807) is 0 Å². The molecule has 1 aromatic rings. The molecule has 1 aliphatic heterocycles. The number of aromatic amines is 1. The molecular formula is C9H10ClFN2O4. The lowest BCUT2D eigenvalue weighted by Crippen LogP contribution is -2.32. The highest BCUT2D eigenvalue weighted by molar-refractivity contribution is 6.30. The van der Waals surface area contributed by atoms with E-state index < -0.39 is 36.4 Å². The summed E-state index contributed by atoms with van der Waals surface area (Å²) in [5.41, 5.74) is -1.43. The Morgan fingerprint density at radius 2 is 2.35 bits per heavy atom. The van der Waals surface area contributed by atoms with E-state index in [-0.39, 0.29) is 11.4 Å². The first-order chi connectivity index (χ1) is 8.02. The van der Waals surface area contributed by atoms with E-state index in [2.05, 4.69) is 0 Å². The molecule has 1 saturated heterocycles. The van der Waals surface area contributed by atoms with Gasteiger partial charge in [0.15, 0.2) is 0 Å². The van der Waals surface area contributed by atoms with Crippen LogP contribution in [0.4, 0.5) is 4.39 Å². The van der Waals surface area contributed by atoms with E-state index in [1.165, 1.54) is 0 Å². The van der Waals surface area contributed by atoms with Crippen LogP contribution in [-0.4, -0.2) is 33.5 Å². The minimum absolute atomic E-state index is 0.0759. The molecule has 0 radical (unpaired) electrons. The Labute approximate surface area is 99.6 Å². The van der Waals surface area contributed by atoms with E-state index in [0.29, 0.717) is 0 Å². The monoisotopic (exact) mass is 264 g/mol. The van der Waals surface area contributed by atoms with Gasteiger partial charge >= 0.3 is 5.69 Å². The summed E-state index contributed by atoms with van der Waals surface area (Å²) in [6.07, 6.45) is -2.17. The first kappa shape index (κ1) is 12.3. The van der Waals surface area contributed by atoms with Crippen LogP contribution >= 0.6 is 11.6 Å². The lowest BCUT2D eigenvalue weighted by Gasteiger charge is -2.14. The summed E-state index contributed by atoms with van der Waals surface area (Å²) < 4.78 is 19.5. The molecule has 2 N–H and O–H groups in total. The minimum atomic E-state index is -1.36. The van der Waals surface area contributed by atoms with Gasteiger partial charge in [0.25, 0.3) is 5.56 Å². The van der Waals surface area contributed by atoms with Crippen molar-refractivity contribution >= 4 is 11.6 Å². The Kier molecular flexibility index (Phi) is 3.32. The predicted molar refractivity (Wildman–Crippen MR) is 56.8 cm³/mol. The van der Waals surface area contributed by atoms with Gasteiger partial charge in [0.2, 0.25) is 0 Å². The van der Waals surface area contributed by atoms with Crippen LogP contribution < -0.4 is 11.2 Å². The molecular weight excluding hydrogens is 255 g/mol. The summed E-state index contributed by atoms with van der Waals surface area (Å²) in [5, 5.41) is 8.65. The zero-order valence-corrected chi connectivity index (χ0v) is 9.35. The molecule has 3 atom stereocenters. The molecule has 0 aliphatic carbocycles. The number of nitrogens with one attached hydrogen (secondary N) is 1. The number of alkyl halides is 1. The van der Waals surface area contributed by atoms with Crippen LogP contribution in [-0.2, 0) is 4.74 Å². The van der Waals surface area contributed by atoms with E-state index in [9.17, 15) is 14.0 Å². The van der Waals surface area contributed by atoms with Gasteiger partial charge in [-0.1, -0.05) is 11.6 Å². The molecule has 0 bridgehead atoms. The van der Waals surface area contributed by atoms with E-state index in [4.69, 9.17) is 21.4 Å². The third kappa shape index (κ3) is 2.26. The number of hydrogen-bond acceptors (Lipinski definition) is 4. The third-order valence-electron chi connectivity index (χ3n) is 2.58. The van der Waals surface area contributed by atoms with Crippen molar-refractivity contribution in [2.45, 2.75) is 24.9 Å². The van der Waals surface area contributed by atoms with Crippen LogP contribution in [0.1, 0.15) is 12.6 Å². The molecule has 2 heterocycles. The predicted octanol–water partition coefficient (Wildman–Crippen LogP) is -0.192. The van der Waals surface area contributed by atoms with Gasteiger partial charge < -0.3 is 9.84 Å². The maximum atomic E-state index is 13.3. The fraction of sp³-hybridized carbons (Fsp3) is 0.556. The fourth-order valence-corrected chi connectivity index (χ4v) is 1.85. The number of aromatic nitrogens is 2. The first-order valence-corrected chi connectivity index (χ1v) is 5.32. The van der Waals surface area contributed by atoms with Crippen LogP contribution in [0.25, 0.3) is 0 Å². The average Bonchev–Trinajstić information content (AvgIpc) is 2.65. The van der Waals surface area contributed by atoms with E-state index in [1.807, 2.05) is 4.98 Å². The topological polar surface area (TPSA) is 84.3 Å². The second-order valence-corrected chi connectivity index (χ2v) is 4.11. The van der Waals surface area contributed by atoms with Crippen molar-refractivity contribution in [3.8, 4) is 0 Å². The lowest BCUT2D eigenvalue weighted by atomic mass is 10.2. The molecule has 0 spiro atoms. The highest BCUT2D eigenvalue weighted by atomic mass is 35.5. The van der Waals surface area contributed by atoms with Crippen molar-refractivity contribution in [1.29, 1.82) is 0 Å². The Hall–Kier alpha value is -1.18. The summed E-state index contributed by atoms with van der Waals surface area (Å²) in [7, 11) is 0. The summed E-state index contributed by atoms with van der Waals surface area (Å²) in [6.45, 7) is -0.469. The Bertz CT molecular complexity index is 528. The van der Waals surface area contributed by atoms with Crippen LogP contribution in [0.5, 0.6) is 0 Å². The van der Waals surface area contributed by atoms with Gasteiger partial charge in [0, 0.05) is 12.6 Å². The molecule has 0 unspecified atom stereocenters. The third-order valence-corrected chi connectivity index (χ3v) is 2.85. The normalized spacial score (nSPS) is 28.5. The molecule has 0 aromatic carbocycles. The van der Waals surface area contributed by atoms with Crippen molar-refractivity contribution in [3.63, 3.8) is 0 Å². The number of aliphatic hydroxyl groups excluding tert-OH is 1. The molecule has 1 fully saturated rings. The molecule has 0 amide bonds. The summed E-state index contributed by atoms with van der Waals surface area (Å²) in [6, 6.07) is 0. The summed E-state index contributed by atoms with van der Waals surface area (Å²) >= 11 is 5.57. The Morgan fingerprint density at radius 3 is 2.94 bits per heavy atom. The van der Waals surface area contributed by atoms with Crippen molar-refractivity contribution in [2.24, 2.45) is 0 Å². The van der Waals surface area contributed by atoms with Gasteiger partial charge in [-0.3, -0.25) is 14.3 Å². The number of halogens is 2. The fourth-order valence-electron chi connectivity index (χ4n) is 1.70. The Morgan fingerprint density at radius 1 is 1.65 bits per heavy atom. The summed E-state index contributed by atoms with van der Waals surface area (Å²) in [5.74, 6) is 0. The molecule has 8 heteroatoms. The van der Waals surface area contributed by atoms with Gasteiger partial charge in [-0.2, -0.15) is 0 Å². The van der Waals surface area contributed by atoms with E-state index >= 15 is 0 Å². The van der Waals surface area contributed by atoms with Crippen molar-refractivity contribution in [2.75, 3.05) is 6.61 Å². The molecule has 17 heavy (non-hydrogen) atoms. The first-order valence-electron chi connectivity index (χ1n) is 4.94. The van der Waals surface area contributed by atoms with Crippen LogP contribution in [0, 0.1) is 0 Å². The standard InChI is InChI=1S/C9H10ClFN2O4/c10-4-2-13(9(16)12-8(4)15)7-1-5(11)6(3-14)17-7/h2,5-7,14H,1,3H2,(H,12,15,16)/t5-,6+,7+/m0/s1. The number of aliphatic hydroxyl groups is 1. The van der Waals surface area contributed by atoms with Gasteiger partial charge in [-0.05, 0) is 0 Å². The number of rotatable bonds is 2. The van der Waals surface area contributed by atoms with Crippen molar-refractivity contribution in [3.05, 3.63) is 32.1 Å². The minimum Gasteiger partial charge on any atom is -0.394 e. The second kappa shape index (κ2) is 4.59. The van der Waals surface area contributed by atoms with Crippen molar-refractivity contribution < 1.29 is 14.2 Å². The number of H-pyrrole nitrogens is 1. The molecule has 1 aromatic heterocycles. The van der Waals surface area contributed by atoms with Gasteiger partial charge in [-0.15, -0.1) is 0 Å². The van der Waals surface area contributed by atoms with Crippen LogP contribution in [0.2, 0.25) is 5.02 Å². The number of ether oxygens (including phenoxy) is 1. The van der Waals surface area contributed by atoms with Gasteiger partial charge in [0.1, 0.15) is 23.5 Å². The summed E-state index contributed by atoms with van der Waals surface area (Å²) in [4.78, 5) is 24.5. The largest absolute Gasteiger partial charge is 0.394 e. The Balaban J connectivity index is 2.34. The van der Waals surface area contributed by atoms with Gasteiger partial charge in [0.05, 0.1) is 6.61 Å². The molecule has 2 rings (SSSR count). The molecule has 94 valence electrons. The quantitative estimate of drug-likeness (QED) is 0.775. The number of nitrogens with zero attached hydrogens (tertiary/aromatic N) is 1. The SMILES string of the molecule is O=c1[nH]c(=O)n([C@H]2C[C@H](F)[C@@H](CO)O2)cc1Cl. The number of hydrogen-bond donors (Lipinski definition) is 2. The lowest BCUT2D eigenvalue weighted by molar-refractivity contribution is -0.0356. The maximum Gasteiger partial charge on any atom is 0.330 e. The molecule has 0 saturated carbocycles. The van der Waals surface area contributed by atoms with Gasteiger partial charge in [-0.25, -0.2) is 9.18 Å². The van der Waals surface area contributed by atoms with E-state index in [0.717, 1.165) is 10.8 Å².